The molecule has 0 saturated heterocycles. The van der Waals surface area contributed by atoms with Gasteiger partial charge in [0.2, 0.25) is 0 Å². The standard InChI is InChI=1S/C8H10Br2N2O/c9-5-3-12-4-6(10)8(5)7(11)1-2-13/h3-4,7,13H,1-2,11H2. The fourth-order valence-electron chi connectivity index (χ4n) is 1.06. The lowest BCUT2D eigenvalue weighted by Crippen LogP contribution is -2.13. The Morgan fingerprint density at radius 1 is 1.38 bits per heavy atom. The predicted octanol–water partition coefficient (Wildman–Crippen LogP) is 1.99. The summed E-state index contributed by atoms with van der Waals surface area (Å²) in [6.45, 7) is 0.0857. The molecule has 0 aliphatic rings. The van der Waals surface area contributed by atoms with E-state index in [1.54, 1.807) is 12.4 Å². The molecule has 0 spiro atoms. The molecule has 5 heteroatoms. The number of rotatable bonds is 3. The number of hydrogen-bond acceptors (Lipinski definition) is 3. The van der Waals surface area contributed by atoms with Crippen LogP contribution in [0.3, 0.4) is 0 Å². The van der Waals surface area contributed by atoms with E-state index >= 15 is 0 Å². The highest BCUT2D eigenvalue weighted by atomic mass is 79.9. The number of aromatic nitrogens is 1. The van der Waals surface area contributed by atoms with Gasteiger partial charge in [-0.25, -0.2) is 0 Å². The van der Waals surface area contributed by atoms with Crippen molar-refractivity contribution < 1.29 is 5.11 Å². The summed E-state index contributed by atoms with van der Waals surface area (Å²) < 4.78 is 1.73. The average molecular weight is 310 g/mol. The molecule has 1 rings (SSSR count). The first-order chi connectivity index (χ1) is 6.16. The zero-order valence-corrected chi connectivity index (χ0v) is 10.0. The molecule has 1 atom stereocenters. The van der Waals surface area contributed by atoms with Crippen molar-refractivity contribution in [3.05, 3.63) is 26.9 Å². The van der Waals surface area contributed by atoms with Gasteiger partial charge in [0.15, 0.2) is 0 Å². The molecule has 3 N–H and O–H groups in total. The van der Waals surface area contributed by atoms with Crippen LogP contribution < -0.4 is 5.73 Å². The molecule has 1 aromatic heterocycles. The molecule has 0 bridgehead atoms. The Balaban J connectivity index is 2.98. The van der Waals surface area contributed by atoms with Gasteiger partial charge >= 0.3 is 0 Å². The van der Waals surface area contributed by atoms with Crippen molar-refractivity contribution in [3.63, 3.8) is 0 Å². The maximum absolute atomic E-state index is 8.75. The summed E-state index contributed by atoms with van der Waals surface area (Å²) in [5, 5.41) is 8.75. The minimum absolute atomic E-state index is 0.0857. The van der Waals surface area contributed by atoms with E-state index in [4.69, 9.17) is 10.8 Å². The summed E-state index contributed by atoms with van der Waals surface area (Å²) in [6, 6.07) is -0.170. The second kappa shape index (κ2) is 5.05. The van der Waals surface area contributed by atoms with Crippen LogP contribution in [0.1, 0.15) is 18.0 Å². The third-order valence-corrected chi connectivity index (χ3v) is 2.97. The van der Waals surface area contributed by atoms with Crippen molar-refractivity contribution >= 4 is 31.9 Å². The van der Waals surface area contributed by atoms with E-state index in [1.165, 1.54) is 0 Å². The molecule has 0 aliphatic heterocycles. The van der Waals surface area contributed by atoms with Gasteiger partial charge in [0, 0.05) is 39.6 Å². The average Bonchev–Trinajstić information content (AvgIpc) is 2.04. The molecule has 72 valence electrons. The van der Waals surface area contributed by atoms with Crippen LogP contribution in [0.25, 0.3) is 0 Å². The zero-order chi connectivity index (χ0) is 9.84. The predicted molar refractivity (Wildman–Crippen MR) is 58.3 cm³/mol. The lowest BCUT2D eigenvalue weighted by atomic mass is 10.1. The number of aliphatic hydroxyl groups excluding tert-OH is 1. The lowest BCUT2D eigenvalue weighted by Gasteiger charge is -2.13. The number of aliphatic hydroxyl groups is 1. The fraction of sp³-hybridized carbons (Fsp3) is 0.375. The minimum atomic E-state index is -0.170. The maximum atomic E-state index is 8.75. The van der Waals surface area contributed by atoms with Crippen LogP contribution in [0.2, 0.25) is 0 Å². The Bertz CT molecular complexity index is 273. The molecule has 0 radical (unpaired) electrons. The highest BCUT2D eigenvalue weighted by Gasteiger charge is 2.12. The molecule has 3 nitrogen and oxygen atoms in total. The van der Waals surface area contributed by atoms with Crippen molar-refractivity contribution in [1.82, 2.24) is 4.98 Å². The van der Waals surface area contributed by atoms with Gasteiger partial charge < -0.3 is 10.8 Å². The van der Waals surface area contributed by atoms with Crippen LogP contribution in [0.4, 0.5) is 0 Å². The maximum Gasteiger partial charge on any atom is 0.0449 e. The summed E-state index contributed by atoms with van der Waals surface area (Å²) >= 11 is 6.73. The third-order valence-electron chi connectivity index (χ3n) is 1.70. The summed E-state index contributed by atoms with van der Waals surface area (Å²) in [4.78, 5) is 3.98. The monoisotopic (exact) mass is 308 g/mol. The Morgan fingerprint density at radius 3 is 2.38 bits per heavy atom. The van der Waals surface area contributed by atoms with Crippen molar-refractivity contribution in [2.75, 3.05) is 6.61 Å². The second-order valence-electron chi connectivity index (χ2n) is 2.64. The third kappa shape index (κ3) is 2.74. The van der Waals surface area contributed by atoms with Crippen molar-refractivity contribution in [3.8, 4) is 0 Å². The molecule has 1 heterocycles. The molecule has 0 amide bonds. The Labute approximate surface area is 93.6 Å². The van der Waals surface area contributed by atoms with Crippen LogP contribution in [-0.2, 0) is 0 Å². The van der Waals surface area contributed by atoms with Gasteiger partial charge in [0.25, 0.3) is 0 Å². The van der Waals surface area contributed by atoms with Crippen LogP contribution in [0.5, 0.6) is 0 Å². The number of nitrogens with zero attached hydrogens (tertiary/aromatic N) is 1. The summed E-state index contributed by atoms with van der Waals surface area (Å²) in [6.07, 6.45) is 3.93. The van der Waals surface area contributed by atoms with Crippen LogP contribution >= 0.6 is 31.9 Å². The Morgan fingerprint density at radius 2 is 1.92 bits per heavy atom. The minimum Gasteiger partial charge on any atom is -0.396 e. The topological polar surface area (TPSA) is 59.1 Å². The second-order valence-corrected chi connectivity index (χ2v) is 4.34. The number of nitrogens with two attached hydrogens (primary N) is 1. The molecule has 0 aromatic carbocycles. The zero-order valence-electron chi connectivity index (χ0n) is 6.87. The van der Waals surface area contributed by atoms with Gasteiger partial charge in [-0.15, -0.1) is 0 Å². The van der Waals surface area contributed by atoms with Crippen molar-refractivity contribution in [2.45, 2.75) is 12.5 Å². The first kappa shape index (κ1) is 11.1. The van der Waals surface area contributed by atoms with Gasteiger partial charge in [-0.3, -0.25) is 4.98 Å². The number of halogens is 2. The van der Waals surface area contributed by atoms with E-state index in [0.29, 0.717) is 6.42 Å². The van der Waals surface area contributed by atoms with Crippen molar-refractivity contribution in [1.29, 1.82) is 0 Å². The molecular weight excluding hydrogens is 300 g/mol. The van der Waals surface area contributed by atoms with Gasteiger partial charge in [-0.05, 0) is 38.3 Å². The van der Waals surface area contributed by atoms with E-state index in [0.717, 1.165) is 14.5 Å². The van der Waals surface area contributed by atoms with Crippen LogP contribution in [0.15, 0.2) is 21.3 Å². The molecular formula is C8H10Br2N2O. The number of pyridine rings is 1. The molecule has 13 heavy (non-hydrogen) atoms. The van der Waals surface area contributed by atoms with E-state index < -0.39 is 0 Å². The van der Waals surface area contributed by atoms with Crippen LogP contribution in [0, 0.1) is 0 Å². The Kier molecular flexibility index (Phi) is 4.31. The first-order valence-electron chi connectivity index (χ1n) is 3.82. The summed E-state index contributed by atoms with van der Waals surface area (Å²) in [5.41, 5.74) is 6.81. The summed E-state index contributed by atoms with van der Waals surface area (Å²) in [5.74, 6) is 0. The largest absolute Gasteiger partial charge is 0.396 e. The smallest absolute Gasteiger partial charge is 0.0449 e. The van der Waals surface area contributed by atoms with E-state index in [2.05, 4.69) is 36.8 Å². The SMILES string of the molecule is NC(CCO)c1c(Br)cncc1Br. The quantitative estimate of drug-likeness (QED) is 0.897. The molecule has 1 unspecified atom stereocenters. The van der Waals surface area contributed by atoms with E-state index in [9.17, 15) is 0 Å². The first-order valence-corrected chi connectivity index (χ1v) is 5.40. The van der Waals surface area contributed by atoms with Crippen molar-refractivity contribution in [2.24, 2.45) is 5.73 Å². The normalized spacial score (nSPS) is 12.9. The highest BCUT2D eigenvalue weighted by molar-refractivity contribution is 9.11. The highest BCUT2D eigenvalue weighted by Crippen LogP contribution is 2.29. The van der Waals surface area contributed by atoms with Gasteiger partial charge in [0.05, 0.1) is 0 Å². The molecule has 0 fully saturated rings. The van der Waals surface area contributed by atoms with Gasteiger partial charge in [0.1, 0.15) is 0 Å². The number of hydrogen-bond donors (Lipinski definition) is 2. The van der Waals surface area contributed by atoms with E-state index in [1.807, 2.05) is 0 Å². The van der Waals surface area contributed by atoms with E-state index in [-0.39, 0.29) is 12.6 Å². The van der Waals surface area contributed by atoms with Gasteiger partial charge in [-0.2, -0.15) is 0 Å². The lowest BCUT2D eigenvalue weighted by molar-refractivity contribution is 0.276. The molecule has 0 saturated carbocycles. The summed E-state index contributed by atoms with van der Waals surface area (Å²) in [7, 11) is 0. The Hall–Kier alpha value is 0.0300. The van der Waals surface area contributed by atoms with Gasteiger partial charge in [-0.1, -0.05) is 0 Å². The van der Waals surface area contributed by atoms with Crippen LogP contribution in [-0.4, -0.2) is 16.7 Å². The molecule has 1 aromatic rings. The molecule has 0 aliphatic carbocycles. The fourth-order valence-corrected chi connectivity index (χ4v) is 2.58.